The van der Waals surface area contributed by atoms with Crippen molar-refractivity contribution < 1.29 is 34.7 Å². The summed E-state index contributed by atoms with van der Waals surface area (Å²) in [5.74, 6) is 1.43. The molecule has 4 rings (SSSR count). The number of ether oxygens (including phenoxy) is 1. The molecule has 5 heteroatoms. The summed E-state index contributed by atoms with van der Waals surface area (Å²) in [5, 5.41) is 14.1. The van der Waals surface area contributed by atoms with Gasteiger partial charge in [-0.05, 0) is 22.2 Å². The van der Waals surface area contributed by atoms with Crippen molar-refractivity contribution in [2.45, 2.75) is 55.4 Å². The molecule has 4 nitrogen and oxygen atoms in total. The first-order valence-electron chi connectivity index (χ1n) is 12.2. The molecule has 0 aliphatic carbocycles. The number of aryl methyl sites for hydroxylation is 2. The van der Waals surface area contributed by atoms with Gasteiger partial charge in [0, 0.05) is 49.0 Å². The summed E-state index contributed by atoms with van der Waals surface area (Å²) in [7, 11) is 0. The monoisotopic (exact) mass is 675 g/mol. The zero-order valence-corrected chi connectivity index (χ0v) is 25.3. The summed E-state index contributed by atoms with van der Waals surface area (Å²) >= 11 is 0. The normalized spacial score (nSPS) is 11.9. The van der Waals surface area contributed by atoms with E-state index in [0.29, 0.717) is 11.6 Å². The molecule has 0 aliphatic rings. The quantitative estimate of drug-likeness (QED) is 0.102. The molecule has 0 spiro atoms. The minimum Gasteiger partial charge on any atom is -0.512 e. The smallest absolute Gasteiger partial charge is 0.225 e. The van der Waals surface area contributed by atoms with Crippen LogP contribution in [0.2, 0.25) is 0 Å². The Morgan fingerprint density at radius 3 is 2.19 bits per heavy atom. The number of hydrogen-bond acceptors (Lipinski definition) is 4. The first-order chi connectivity index (χ1) is 16.8. The largest absolute Gasteiger partial charge is 0.512 e. The Bertz CT molecular complexity index is 1410. The predicted molar refractivity (Wildman–Crippen MR) is 149 cm³/mol. The SMILES string of the molecule is CC(C)(C)C(=O)/C=C(\O)C(C)(C)C.Cc1[c-]c(Oc2nccc3ccc4ccccc4c23)cc(C)c1.[Ir]. The number of hydrogen-bond donors (Lipinski definition) is 1. The van der Waals surface area contributed by atoms with Crippen LogP contribution in [0, 0.1) is 30.7 Å². The molecule has 0 fully saturated rings. The van der Waals surface area contributed by atoms with Crippen LogP contribution in [0.3, 0.4) is 0 Å². The Morgan fingerprint density at radius 1 is 0.919 bits per heavy atom. The first kappa shape index (κ1) is 30.2. The minimum atomic E-state index is -0.417. The van der Waals surface area contributed by atoms with Gasteiger partial charge in [-0.2, -0.15) is 17.2 Å². The van der Waals surface area contributed by atoms with E-state index in [1.165, 1.54) is 11.5 Å². The molecule has 0 saturated carbocycles. The fourth-order valence-corrected chi connectivity index (χ4v) is 3.57. The van der Waals surface area contributed by atoms with Crippen LogP contribution < -0.4 is 4.74 Å². The molecule has 1 aromatic heterocycles. The van der Waals surface area contributed by atoms with Gasteiger partial charge in [0.2, 0.25) is 5.88 Å². The van der Waals surface area contributed by atoms with Gasteiger partial charge in [-0.3, -0.25) is 4.79 Å². The molecule has 0 unspecified atom stereocenters. The fraction of sp³-hybridized carbons (Fsp3) is 0.312. The molecule has 0 aliphatic heterocycles. The van der Waals surface area contributed by atoms with E-state index in [2.05, 4.69) is 48.3 Å². The summed E-state index contributed by atoms with van der Waals surface area (Å²) in [6, 6.07) is 21.9. The first-order valence-corrected chi connectivity index (χ1v) is 12.2. The van der Waals surface area contributed by atoms with E-state index >= 15 is 0 Å². The Kier molecular flexibility index (Phi) is 9.82. The van der Waals surface area contributed by atoms with Crippen molar-refractivity contribution in [3.63, 3.8) is 0 Å². The molecule has 0 atom stereocenters. The third-order valence-corrected chi connectivity index (χ3v) is 5.73. The van der Waals surface area contributed by atoms with Crippen LogP contribution in [0.5, 0.6) is 11.6 Å². The maximum atomic E-state index is 11.5. The third kappa shape index (κ3) is 7.98. The number of allylic oxidation sites excluding steroid dienone is 2. The van der Waals surface area contributed by atoms with E-state index < -0.39 is 5.41 Å². The number of benzene rings is 3. The van der Waals surface area contributed by atoms with Crippen LogP contribution in [0.4, 0.5) is 0 Å². The van der Waals surface area contributed by atoms with Crippen LogP contribution in [-0.2, 0) is 24.9 Å². The number of carbonyl (C=O) groups is 1. The zero-order chi connectivity index (χ0) is 26.7. The van der Waals surface area contributed by atoms with Crippen LogP contribution in [-0.4, -0.2) is 15.9 Å². The number of rotatable bonds is 3. The molecule has 1 heterocycles. The minimum absolute atomic E-state index is 0. The molecule has 0 bridgehead atoms. The molecule has 4 aromatic rings. The molecule has 1 N–H and O–H groups in total. The van der Waals surface area contributed by atoms with Gasteiger partial charge < -0.3 is 9.84 Å². The standard InChI is InChI=1S/C21H16NO.C11H20O2.Ir/c1-14-11-15(2)13-18(12-14)23-21-20-17(9-10-22-21)8-7-16-5-3-4-6-19(16)20;1-10(2,3)8(12)7-9(13)11(4,5)6;/h3-12H,1-2H3;7,12H,1-6H3;/q-1;;/b;8-7-;. The van der Waals surface area contributed by atoms with Gasteiger partial charge in [0.15, 0.2) is 5.78 Å². The molecule has 3 aromatic carbocycles. The molecule has 0 amide bonds. The zero-order valence-electron chi connectivity index (χ0n) is 22.9. The number of carbonyl (C=O) groups excluding carboxylic acids is 1. The number of aromatic nitrogens is 1. The summed E-state index contributed by atoms with van der Waals surface area (Å²) in [4.78, 5) is 16.0. The van der Waals surface area contributed by atoms with Crippen LogP contribution in [0.15, 0.2) is 72.6 Å². The summed E-state index contributed by atoms with van der Waals surface area (Å²) in [6.45, 7) is 15.2. The second-order valence-electron chi connectivity index (χ2n) is 11.2. The predicted octanol–water partition coefficient (Wildman–Crippen LogP) is 8.68. The van der Waals surface area contributed by atoms with Crippen molar-refractivity contribution in [1.29, 1.82) is 0 Å². The van der Waals surface area contributed by atoms with Crippen LogP contribution in [0.1, 0.15) is 52.7 Å². The maximum absolute atomic E-state index is 11.5. The third-order valence-electron chi connectivity index (χ3n) is 5.73. The van der Waals surface area contributed by atoms with E-state index in [4.69, 9.17) is 4.74 Å². The van der Waals surface area contributed by atoms with Gasteiger partial charge in [0.1, 0.15) is 5.76 Å². The van der Waals surface area contributed by atoms with E-state index in [9.17, 15) is 9.90 Å². The topological polar surface area (TPSA) is 59.4 Å². The molecule has 37 heavy (non-hydrogen) atoms. The van der Waals surface area contributed by atoms with Crippen molar-refractivity contribution in [2.75, 3.05) is 0 Å². The van der Waals surface area contributed by atoms with Crippen molar-refractivity contribution in [3.8, 4) is 11.6 Å². The number of ketones is 1. The van der Waals surface area contributed by atoms with E-state index in [-0.39, 0.29) is 37.1 Å². The Labute approximate surface area is 234 Å². The van der Waals surface area contributed by atoms with Crippen molar-refractivity contribution in [3.05, 3.63) is 89.8 Å². The van der Waals surface area contributed by atoms with E-state index in [1.807, 2.05) is 72.7 Å². The number of fused-ring (bicyclic) bond motifs is 3. The van der Waals surface area contributed by atoms with Crippen molar-refractivity contribution in [1.82, 2.24) is 4.98 Å². The van der Waals surface area contributed by atoms with Gasteiger partial charge in [0.25, 0.3) is 0 Å². The van der Waals surface area contributed by atoms with Crippen molar-refractivity contribution in [2.24, 2.45) is 10.8 Å². The second-order valence-corrected chi connectivity index (χ2v) is 11.2. The van der Waals surface area contributed by atoms with Crippen LogP contribution in [0.25, 0.3) is 21.5 Å². The Hall–Kier alpha value is -3.01. The van der Waals surface area contributed by atoms with E-state index in [0.717, 1.165) is 27.3 Å². The van der Waals surface area contributed by atoms with Gasteiger partial charge in [-0.25, -0.2) is 4.98 Å². The van der Waals surface area contributed by atoms with Gasteiger partial charge in [0.05, 0.1) is 5.39 Å². The molecule has 197 valence electrons. The molecule has 1 radical (unpaired) electrons. The average molecular weight is 675 g/mol. The van der Waals surface area contributed by atoms with Crippen molar-refractivity contribution >= 4 is 27.3 Å². The number of aliphatic hydroxyl groups is 1. The Balaban J connectivity index is 0.000000299. The van der Waals surface area contributed by atoms with Gasteiger partial charge >= 0.3 is 0 Å². The average Bonchev–Trinajstić information content (AvgIpc) is 2.77. The van der Waals surface area contributed by atoms with Gasteiger partial charge in [-0.15, -0.1) is 12.1 Å². The van der Waals surface area contributed by atoms with Gasteiger partial charge in [-0.1, -0.05) is 91.8 Å². The molecular formula is C32H36IrNO3-. The number of pyridine rings is 1. The molecular weight excluding hydrogens is 639 g/mol. The second kappa shape index (κ2) is 12.0. The van der Waals surface area contributed by atoms with E-state index in [1.54, 1.807) is 6.20 Å². The fourth-order valence-electron chi connectivity index (χ4n) is 3.57. The summed E-state index contributed by atoms with van der Waals surface area (Å²) in [6.07, 6.45) is 3.12. The Morgan fingerprint density at radius 2 is 1.57 bits per heavy atom. The summed E-state index contributed by atoms with van der Waals surface area (Å²) in [5.41, 5.74) is 1.45. The summed E-state index contributed by atoms with van der Waals surface area (Å²) < 4.78 is 6.09. The number of nitrogens with zero attached hydrogens (tertiary/aromatic N) is 1. The maximum Gasteiger partial charge on any atom is 0.225 e. The van der Waals surface area contributed by atoms with Crippen LogP contribution >= 0.6 is 0 Å². The number of aliphatic hydroxyl groups excluding tert-OH is 1. The molecule has 0 saturated heterocycles.